The predicted octanol–water partition coefficient (Wildman–Crippen LogP) is 21.6. The molecule has 0 aromatic heterocycles. The van der Waals surface area contributed by atoms with E-state index >= 15 is 0 Å². The fraction of sp³-hybridized carbons (Fsp3) is 0.985. The molecule has 0 saturated carbocycles. The maximum atomic E-state index is 12.6. The Labute approximate surface area is 453 Å². The first-order valence-electron chi connectivity index (χ1n) is 33.8. The van der Waals surface area contributed by atoms with Gasteiger partial charge in [0, 0.05) is 0 Å². The number of hydrogen-bond donors (Lipinski definition) is 4. The molecule has 0 heterocycles. The van der Waals surface area contributed by atoms with Crippen LogP contribution in [0.4, 0.5) is 0 Å². The van der Waals surface area contributed by atoms with Gasteiger partial charge in [0.2, 0.25) is 5.91 Å². The number of hydrogen-bond acceptors (Lipinski definition) is 4. The summed E-state index contributed by atoms with van der Waals surface area (Å²) in [5.74, 6) is -0.272. The Hall–Kier alpha value is -0.650. The van der Waals surface area contributed by atoms with Gasteiger partial charge in [0.1, 0.15) is 0 Å². The summed E-state index contributed by atoms with van der Waals surface area (Å²) in [5.41, 5.74) is 0. The molecule has 0 aromatic carbocycles. The lowest BCUT2D eigenvalue weighted by atomic mass is 10.0. The van der Waals surface area contributed by atoms with Gasteiger partial charge in [-0.3, -0.25) is 4.79 Å². The number of unbranched alkanes of at least 4 members (excludes halogenated alkanes) is 55. The van der Waals surface area contributed by atoms with Gasteiger partial charge < -0.3 is 20.6 Å². The van der Waals surface area contributed by atoms with E-state index in [-0.39, 0.29) is 18.9 Å². The first-order valence-corrected chi connectivity index (χ1v) is 33.8. The van der Waals surface area contributed by atoms with Crippen LogP contribution < -0.4 is 5.32 Å². The number of aliphatic hydroxyl groups is 3. The molecule has 72 heavy (non-hydrogen) atoms. The Kier molecular flexibility index (Phi) is 62.3. The van der Waals surface area contributed by atoms with Crippen LogP contribution in [-0.4, -0.2) is 46.1 Å². The molecule has 5 nitrogen and oxygen atoms in total. The van der Waals surface area contributed by atoms with Gasteiger partial charge in [0.15, 0.2) is 0 Å². The molecule has 0 aliphatic carbocycles. The fourth-order valence-electron chi connectivity index (χ4n) is 11.3. The average Bonchev–Trinajstić information content (AvgIpc) is 3.38. The van der Waals surface area contributed by atoms with Gasteiger partial charge in [0.05, 0.1) is 31.3 Å². The molecule has 0 rings (SSSR count). The van der Waals surface area contributed by atoms with E-state index in [1.54, 1.807) is 0 Å². The second kappa shape index (κ2) is 62.9. The minimum Gasteiger partial charge on any atom is -0.394 e. The lowest BCUT2D eigenvalue weighted by Crippen LogP contribution is -2.46. The molecule has 5 heteroatoms. The van der Waals surface area contributed by atoms with Crippen LogP contribution in [0.1, 0.15) is 399 Å². The third-order valence-electron chi connectivity index (χ3n) is 16.4. The van der Waals surface area contributed by atoms with E-state index in [4.69, 9.17) is 0 Å². The van der Waals surface area contributed by atoms with E-state index in [9.17, 15) is 20.1 Å². The minimum absolute atomic E-state index is 0.0439. The quantitative estimate of drug-likeness (QED) is 0.0457. The van der Waals surface area contributed by atoms with Gasteiger partial charge in [-0.05, 0) is 12.8 Å². The average molecular weight is 1020 g/mol. The van der Waals surface area contributed by atoms with E-state index in [1.807, 2.05) is 0 Å². The summed E-state index contributed by atoms with van der Waals surface area (Å²) in [6.07, 6.45) is 78.9. The van der Waals surface area contributed by atoms with Crippen molar-refractivity contribution in [2.24, 2.45) is 0 Å². The van der Waals surface area contributed by atoms with Gasteiger partial charge in [-0.25, -0.2) is 0 Å². The number of carbonyl (C=O) groups excluding carboxylic acids is 1. The third-order valence-corrected chi connectivity index (χ3v) is 16.4. The van der Waals surface area contributed by atoms with Crippen LogP contribution in [0.5, 0.6) is 0 Å². The summed E-state index contributed by atoms with van der Waals surface area (Å²) in [6, 6.07) is -0.655. The third kappa shape index (κ3) is 58.6. The SMILES string of the molecule is CCCCCCCCCCCCCCCCCCCCCCCCCCCCCCCCCCCCCC(O)CC(=O)NC(CO)C(O)CCCCCCCCCCCCCCCCCCCCCCCC. The molecular formula is C67H135NO4. The van der Waals surface area contributed by atoms with E-state index in [1.165, 1.54) is 340 Å². The molecule has 0 fully saturated rings. The van der Waals surface area contributed by atoms with E-state index in [0.717, 1.165) is 25.7 Å². The standard InChI is InChI=1S/C67H135NO4/c1-3-5-7-9-11-13-15-17-19-21-23-25-27-28-29-30-31-32-33-34-35-36-37-38-39-40-42-44-46-48-50-52-54-56-58-60-64(70)62-67(72)68-65(63-69)66(71)61-59-57-55-53-51-49-47-45-43-41-26-24-22-20-18-16-14-12-10-8-6-4-2/h64-66,69-71H,3-63H2,1-2H3,(H,68,72). The number of nitrogens with one attached hydrogen (secondary N) is 1. The Balaban J connectivity index is 3.41. The maximum absolute atomic E-state index is 12.6. The molecule has 0 spiro atoms. The molecule has 3 atom stereocenters. The van der Waals surface area contributed by atoms with Gasteiger partial charge in [0.25, 0.3) is 0 Å². The van der Waals surface area contributed by atoms with Crippen molar-refractivity contribution in [3.63, 3.8) is 0 Å². The number of amides is 1. The normalized spacial score (nSPS) is 13.0. The van der Waals surface area contributed by atoms with Crippen LogP contribution in [0, 0.1) is 0 Å². The summed E-state index contributed by atoms with van der Waals surface area (Å²) in [6.45, 7) is 4.32. The molecule has 0 radical (unpaired) electrons. The topological polar surface area (TPSA) is 89.8 Å². The number of rotatable bonds is 64. The van der Waals surface area contributed by atoms with Gasteiger partial charge >= 0.3 is 0 Å². The highest BCUT2D eigenvalue weighted by Gasteiger charge is 2.21. The van der Waals surface area contributed by atoms with Gasteiger partial charge in [-0.1, -0.05) is 380 Å². The van der Waals surface area contributed by atoms with Crippen LogP contribution in [0.2, 0.25) is 0 Å². The first-order chi connectivity index (χ1) is 35.5. The van der Waals surface area contributed by atoms with Gasteiger partial charge in [-0.2, -0.15) is 0 Å². The van der Waals surface area contributed by atoms with E-state index in [2.05, 4.69) is 19.2 Å². The van der Waals surface area contributed by atoms with Crippen molar-refractivity contribution in [3.05, 3.63) is 0 Å². The molecule has 0 bridgehead atoms. The molecule has 4 N–H and O–H groups in total. The highest BCUT2D eigenvalue weighted by atomic mass is 16.3. The Morgan fingerprint density at radius 3 is 0.667 bits per heavy atom. The smallest absolute Gasteiger partial charge is 0.222 e. The van der Waals surface area contributed by atoms with Crippen LogP contribution in [0.3, 0.4) is 0 Å². The summed E-state index contributed by atoms with van der Waals surface area (Å²) in [5, 5.41) is 33.8. The summed E-state index contributed by atoms with van der Waals surface area (Å²) < 4.78 is 0. The lowest BCUT2D eigenvalue weighted by Gasteiger charge is -2.23. The Morgan fingerprint density at radius 2 is 0.472 bits per heavy atom. The Bertz CT molecular complexity index is 991. The van der Waals surface area contributed by atoms with Crippen LogP contribution in [0.15, 0.2) is 0 Å². The molecule has 0 saturated heterocycles. The van der Waals surface area contributed by atoms with E-state index in [0.29, 0.717) is 12.8 Å². The molecule has 0 aliphatic rings. The second-order valence-corrected chi connectivity index (χ2v) is 23.8. The molecule has 0 aromatic rings. The second-order valence-electron chi connectivity index (χ2n) is 23.8. The predicted molar refractivity (Wildman–Crippen MR) is 319 cm³/mol. The van der Waals surface area contributed by atoms with Crippen molar-refractivity contribution in [2.45, 2.75) is 417 Å². The van der Waals surface area contributed by atoms with E-state index < -0.39 is 18.2 Å². The number of carbonyl (C=O) groups is 1. The van der Waals surface area contributed by atoms with Gasteiger partial charge in [-0.15, -0.1) is 0 Å². The zero-order valence-corrected chi connectivity index (χ0v) is 49.6. The van der Waals surface area contributed by atoms with Crippen molar-refractivity contribution < 1.29 is 20.1 Å². The number of aliphatic hydroxyl groups excluding tert-OH is 3. The maximum Gasteiger partial charge on any atom is 0.222 e. The largest absolute Gasteiger partial charge is 0.394 e. The molecule has 432 valence electrons. The zero-order valence-electron chi connectivity index (χ0n) is 49.6. The summed E-state index contributed by atoms with van der Waals surface area (Å²) >= 11 is 0. The molecule has 1 amide bonds. The fourth-order valence-corrected chi connectivity index (χ4v) is 11.3. The highest BCUT2D eigenvalue weighted by Crippen LogP contribution is 2.20. The molecule has 0 aliphatic heterocycles. The van der Waals surface area contributed by atoms with Crippen molar-refractivity contribution in [1.82, 2.24) is 5.32 Å². The first kappa shape index (κ1) is 71.3. The molecule has 3 unspecified atom stereocenters. The zero-order chi connectivity index (χ0) is 52.2. The van der Waals surface area contributed by atoms with Crippen LogP contribution in [-0.2, 0) is 4.79 Å². The summed E-state index contributed by atoms with van der Waals surface area (Å²) in [4.78, 5) is 12.6. The lowest BCUT2D eigenvalue weighted by molar-refractivity contribution is -0.125. The van der Waals surface area contributed by atoms with Crippen molar-refractivity contribution >= 4 is 5.91 Å². The van der Waals surface area contributed by atoms with Crippen LogP contribution >= 0.6 is 0 Å². The van der Waals surface area contributed by atoms with Crippen molar-refractivity contribution in [3.8, 4) is 0 Å². The summed E-state index contributed by atoms with van der Waals surface area (Å²) in [7, 11) is 0. The van der Waals surface area contributed by atoms with Crippen LogP contribution in [0.25, 0.3) is 0 Å². The van der Waals surface area contributed by atoms with Crippen molar-refractivity contribution in [1.29, 1.82) is 0 Å². The Morgan fingerprint density at radius 1 is 0.292 bits per heavy atom. The highest BCUT2D eigenvalue weighted by molar-refractivity contribution is 5.76. The molecular weight excluding hydrogens is 883 g/mol. The van der Waals surface area contributed by atoms with Crippen molar-refractivity contribution in [2.75, 3.05) is 6.61 Å². The monoisotopic (exact) mass is 1020 g/mol. The minimum atomic E-state index is -0.746.